The molecular formula is C31H29N5O3. The van der Waals surface area contributed by atoms with Crippen molar-refractivity contribution in [3.63, 3.8) is 0 Å². The predicted molar refractivity (Wildman–Crippen MR) is 155 cm³/mol. The van der Waals surface area contributed by atoms with Gasteiger partial charge in [-0.2, -0.15) is 0 Å². The van der Waals surface area contributed by atoms with E-state index in [2.05, 4.69) is 21.9 Å². The maximum absolute atomic E-state index is 12.1. The fraction of sp³-hybridized carbons (Fsp3) is 0.129. The number of rotatable bonds is 7. The van der Waals surface area contributed by atoms with Gasteiger partial charge in [-0.15, -0.1) is 0 Å². The summed E-state index contributed by atoms with van der Waals surface area (Å²) in [6.45, 7) is 7.38. The van der Waals surface area contributed by atoms with E-state index < -0.39 is 0 Å². The average Bonchev–Trinajstić information content (AvgIpc) is 3.22. The molecule has 0 aliphatic heterocycles. The fourth-order valence-corrected chi connectivity index (χ4v) is 4.56. The first-order chi connectivity index (χ1) is 18.8. The van der Waals surface area contributed by atoms with Gasteiger partial charge in [0.15, 0.2) is 11.5 Å². The molecule has 39 heavy (non-hydrogen) atoms. The molecule has 2 heterocycles. The van der Waals surface area contributed by atoms with E-state index in [9.17, 15) is 4.79 Å². The maximum Gasteiger partial charge on any atom is 0.250 e. The van der Waals surface area contributed by atoms with E-state index in [-0.39, 0.29) is 5.91 Å². The van der Waals surface area contributed by atoms with Crippen LogP contribution in [0.1, 0.15) is 12.5 Å². The van der Waals surface area contributed by atoms with Crippen molar-refractivity contribution in [2.45, 2.75) is 13.8 Å². The van der Waals surface area contributed by atoms with Gasteiger partial charge in [0, 0.05) is 23.9 Å². The quantitative estimate of drug-likeness (QED) is 0.238. The highest BCUT2D eigenvalue weighted by molar-refractivity contribution is 6.08. The lowest BCUT2D eigenvalue weighted by molar-refractivity contribution is -0.112. The number of nitrogen functional groups attached to an aromatic ring is 1. The molecule has 3 N–H and O–H groups in total. The SMILES string of the molecule is C=C(C)C(=O)Nc1ccc(-c2c(-c3ccc(Oc4cccc(C)c4)c(OC)c3)c3c(N)ncnc3n2C)cc1. The number of amides is 1. The zero-order valence-electron chi connectivity index (χ0n) is 22.3. The maximum atomic E-state index is 12.1. The minimum atomic E-state index is -0.226. The molecule has 0 saturated carbocycles. The first-order valence-electron chi connectivity index (χ1n) is 12.4. The lowest BCUT2D eigenvalue weighted by atomic mass is 9.98. The summed E-state index contributed by atoms with van der Waals surface area (Å²) in [5, 5.41) is 3.58. The summed E-state index contributed by atoms with van der Waals surface area (Å²) < 4.78 is 13.9. The van der Waals surface area contributed by atoms with Gasteiger partial charge >= 0.3 is 0 Å². The number of aryl methyl sites for hydroxylation is 2. The molecule has 3 aromatic carbocycles. The number of aromatic nitrogens is 3. The zero-order valence-corrected chi connectivity index (χ0v) is 22.3. The minimum absolute atomic E-state index is 0.226. The normalized spacial score (nSPS) is 10.9. The molecule has 0 unspecified atom stereocenters. The number of anilines is 2. The van der Waals surface area contributed by atoms with Gasteiger partial charge in [-0.05, 0) is 66.9 Å². The number of nitrogens with one attached hydrogen (secondary N) is 1. The number of benzene rings is 3. The van der Waals surface area contributed by atoms with Crippen LogP contribution in [-0.2, 0) is 11.8 Å². The minimum Gasteiger partial charge on any atom is -0.493 e. The molecule has 0 radical (unpaired) electrons. The summed E-state index contributed by atoms with van der Waals surface area (Å²) in [5.41, 5.74) is 12.9. The Kier molecular flexibility index (Phi) is 6.77. The molecule has 0 saturated heterocycles. The standard InChI is InChI=1S/C31H29N5O3/c1-18(2)31(37)35-22-12-9-20(10-13-22)28-26(27-29(32)33-17-34-30(27)36(28)4)21-11-14-24(25(16-21)38-5)39-23-8-6-7-19(3)15-23/h6-17H,1H2,2-5H3,(H,35,37)(H2,32,33,34). The second-order valence-corrected chi connectivity index (χ2v) is 9.34. The molecular weight excluding hydrogens is 490 g/mol. The van der Waals surface area contributed by atoms with Crippen LogP contribution in [0.3, 0.4) is 0 Å². The zero-order chi connectivity index (χ0) is 27.7. The third kappa shape index (κ3) is 4.92. The van der Waals surface area contributed by atoms with E-state index >= 15 is 0 Å². The number of nitrogens with two attached hydrogens (primary N) is 1. The Morgan fingerprint density at radius 1 is 1.00 bits per heavy atom. The van der Waals surface area contributed by atoms with Crippen LogP contribution in [-0.4, -0.2) is 27.6 Å². The van der Waals surface area contributed by atoms with E-state index in [4.69, 9.17) is 15.2 Å². The lowest BCUT2D eigenvalue weighted by Gasteiger charge is -2.14. The van der Waals surface area contributed by atoms with Crippen LogP contribution in [0.4, 0.5) is 11.5 Å². The second-order valence-electron chi connectivity index (χ2n) is 9.34. The fourth-order valence-electron chi connectivity index (χ4n) is 4.56. The Labute approximate surface area is 226 Å². The van der Waals surface area contributed by atoms with Crippen molar-refractivity contribution in [1.29, 1.82) is 0 Å². The first-order valence-corrected chi connectivity index (χ1v) is 12.4. The van der Waals surface area contributed by atoms with Crippen LogP contribution >= 0.6 is 0 Å². The Balaban J connectivity index is 1.63. The number of fused-ring (bicyclic) bond motifs is 1. The van der Waals surface area contributed by atoms with E-state index in [1.165, 1.54) is 6.33 Å². The molecule has 0 aliphatic rings. The highest BCUT2D eigenvalue weighted by Gasteiger charge is 2.23. The highest BCUT2D eigenvalue weighted by atomic mass is 16.5. The van der Waals surface area contributed by atoms with Crippen LogP contribution in [0.15, 0.2) is 85.2 Å². The van der Waals surface area contributed by atoms with Gasteiger partial charge in [0.25, 0.3) is 5.91 Å². The highest BCUT2D eigenvalue weighted by Crippen LogP contribution is 2.44. The molecule has 5 aromatic rings. The molecule has 2 aromatic heterocycles. The van der Waals surface area contributed by atoms with E-state index in [0.29, 0.717) is 34.2 Å². The second kappa shape index (κ2) is 10.3. The van der Waals surface area contributed by atoms with Gasteiger partial charge in [-0.1, -0.05) is 36.9 Å². The van der Waals surface area contributed by atoms with Crippen LogP contribution in [0.25, 0.3) is 33.4 Å². The van der Waals surface area contributed by atoms with Gasteiger partial charge in [-0.25, -0.2) is 9.97 Å². The van der Waals surface area contributed by atoms with Gasteiger partial charge in [-0.3, -0.25) is 4.79 Å². The third-order valence-corrected chi connectivity index (χ3v) is 6.47. The van der Waals surface area contributed by atoms with Crippen molar-refractivity contribution in [3.8, 4) is 39.6 Å². The Hall–Kier alpha value is -5.11. The van der Waals surface area contributed by atoms with Crippen LogP contribution in [0, 0.1) is 6.92 Å². The van der Waals surface area contributed by atoms with Crippen molar-refractivity contribution in [2.24, 2.45) is 7.05 Å². The van der Waals surface area contributed by atoms with Crippen molar-refractivity contribution in [1.82, 2.24) is 14.5 Å². The summed E-state index contributed by atoms with van der Waals surface area (Å²) in [6.07, 6.45) is 1.46. The predicted octanol–water partition coefficient (Wildman–Crippen LogP) is 6.51. The summed E-state index contributed by atoms with van der Waals surface area (Å²) in [4.78, 5) is 20.9. The molecule has 5 rings (SSSR count). The third-order valence-electron chi connectivity index (χ3n) is 6.47. The van der Waals surface area contributed by atoms with E-state index in [1.807, 2.05) is 85.3 Å². The molecule has 0 fully saturated rings. The molecule has 8 heteroatoms. The Bertz CT molecular complexity index is 1720. The van der Waals surface area contributed by atoms with Gasteiger partial charge in [0.05, 0.1) is 18.2 Å². The summed E-state index contributed by atoms with van der Waals surface area (Å²) in [6, 6.07) is 21.2. The Morgan fingerprint density at radius 2 is 1.74 bits per heavy atom. The summed E-state index contributed by atoms with van der Waals surface area (Å²) in [7, 11) is 3.55. The Morgan fingerprint density at radius 3 is 2.44 bits per heavy atom. The molecule has 0 spiro atoms. The van der Waals surface area contributed by atoms with E-state index in [1.54, 1.807) is 14.0 Å². The number of carbonyl (C=O) groups excluding carboxylic acids is 1. The number of carbonyl (C=O) groups is 1. The number of nitrogens with zero attached hydrogens (tertiary/aromatic N) is 3. The summed E-state index contributed by atoms with van der Waals surface area (Å²) in [5.74, 6) is 2.04. The average molecular weight is 520 g/mol. The number of ether oxygens (including phenoxy) is 2. The molecule has 196 valence electrons. The van der Waals surface area contributed by atoms with Crippen molar-refractivity contribution in [2.75, 3.05) is 18.2 Å². The molecule has 1 amide bonds. The van der Waals surface area contributed by atoms with Gasteiger partial charge < -0.3 is 25.1 Å². The van der Waals surface area contributed by atoms with Crippen molar-refractivity contribution in [3.05, 3.63) is 90.8 Å². The molecule has 0 atom stereocenters. The lowest BCUT2D eigenvalue weighted by Crippen LogP contribution is -2.11. The number of hydrogen-bond acceptors (Lipinski definition) is 6. The monoisotopic (exact) mass is 519 g/mol. The largest absolute Gasteiger partial charge is 0.493 e. The number of methoxy groups -OCH3 is 1. The van der Waals surface area contributed by atoms with Crippen LogP contribution in [0.5, 0.6) is 17.2 Å². The smallest absolute Gasteiger partial charge is 0.250 e. The van der Waals surface area contributed by atoms with Gasteiger partial charge in [0.1, 0.15) is 23.5 Å². The molecule has 0 bridgehead atoms. The van der Waals surface area contributed by atoms with E-state index in [0.717, 1.165) is 39.1 Å². The topological polar surface area (TPSA) is 104 Å². The molecule has 0 aliphatic carbocycles. The van der Waals surface area contributed by atoms with Crippen molar-refractivity contribution >= 4 is 28.4 Å². The number of hydrogen-bond donors (Lipinski definition) is 2. The summed E-state index contributed by atoms with van der Waals surface area (Å²) >= 11 is 0. The van der Waals surface area contributed by atoms with Crippen LogP contribution < -0.4 is 20.5 Å². The van der Waals surface area contributed by atoms with Gasteiger partial charge in [0.2, 0.25) is 0 Å². The van der Waals surface area contributed by atoms with Crippen LogP contribution in [0.2, 0.25) is 0 Å². The van der Waals surface area contributed by atoms with Crippen molar-refractivity contribution < 1.29 is 14.3 Å². The first kappa shape index (κ1) is 25.5. The molecule has 8 nitrogen and oxygen atoms in total.